The van der Waals surface area contributed by atoms with Crippen molar-refractivity contribution in [2.75, 3.05) is 6.61 Å². The molecule has 0 rings (SSSR count). The fourth-order valence-electron chi connectivity index (χ4n) is 1.19. The minimum absolute atomic E-state index is 0.0469. The second kappa shape index (κ2) is 9.19. The Morgan fingerprint density at radius 2 is 1.69 bits per heavy atom. The zero-order valence-corrected chi connectivity index (χ0v) is 10.5. The second-order valence-electron chi connectivity index (χ2n) is 3.72. The molecular formula is C12H22O4. The smallest absolute Gasteiger partial charge is 0.305 e. The summed E-state index contributed by atoms with van der Waals surface area (Å²) in [6, 6.07) is 0. The van der Waals surface area contributed by atoms with Gasteiger partial charge in [-0.15, -0.1) is 0 Å². The third-order valence-corrected chi connectivity index (χ3v) is 2.18. The Bertz CT molecular complexity index is 213. The van der Waals surface area contributed by atoms with Crippen LogP contribution in [-0.2, 0) is 19.1 Å². The highest BCUT2D eigenvalue weighted by Crippen LogP contribution is 2.06. The molecule has 0 spiro atoms. The van der Waals surface area contributed by atoms with Crippen molar-refractivity contribution < 1.29 is 19.1 Å². The van der Waals surface area contributed by atoms with E-state index in [0.29, 0.717) is 19.4 Å². The summed E-state index contributed by atoms with van der Waals surface area (Å²) in [5.41, 5.74) is 0. The van der Waals surface area contributed by atoms with Crippen molar-refractivity contribution in [3.8, 4) is 0 Å². The van der Waals surface area contributed by atoms with Gasteiger partial charge in [-0.1, -0.05) is 13.8 Å². The maximum Gasteiger partial charge on any atom is 0.305 e. The third kappa shape index (κ3) is 8.26. The largest absolute Gasteiger partial charge is 0.466 e. The number of esters is 2. The first-order chi connectivity index (χ1) is 7.60. The van der Waals surface area contributed by atoms with Gasteiger partial charge in [0.25, 0.3) is 0 Å². The second-order valence-corrected chi connectivity index (χ2v) is 3.72. The lowest BCUT2D eigenvalue weighted by Crippen LogP contribution is -2.14. The van der Waals surface area contributed by atoms with Gasteiger partial charge in [0.15, 0.2) is 0 Å². The normalized spacial score (nSPS) is 11.9. The average molecular weight is 230 g/mol. The molecule has 0 aromatic rings. The molecule has 4 heteroatoms. The molecule has 4 nitrogen and oxygen atoms in total. The van der Waals surface area contributed by atoms with Gasteiger partial charge in [0.1, 0.15) is 0 Å². The molecule has 0 heterocycles. The molecule has 0 aliphatic rings. The summed E-state index contributed by atoms with van der Waals surface area (Å²) in [6.45, 7) is 5.89. The van der Waals surface area contributed by atoms with Crippen molar-refractivity contribution in [3.63, 3.8) is 0 Å². The number of rotatable bonds is 8. The van der Waals surface area contributed by atoms with Crippen LogP contribution in [0, 0.1) is 0 Å². The molecule has 0 radical (unpaired) electrons. The van der Waals surface area contributed by atoms with E-state index in [-0.39, 0.29) is 18.0 Å². The van der Waals surface area contributed by atoms with Crippen LogP contribution in [0.5, 0.6) is 0 Å². The highest BCUT2D eigenvalue weighted by molar-refractivity contribution is 5.69. The highest BCUT2D eigenvalue weighted by atomic mass is 16.5. The summed E-state index contributed by atoms with van der Waals surface area (Å²) in [5, 5.41) is 0. The van der Waals surface area contributed by atoms with Gasteiger partial charge in [0.2, 0.25) is 0 Å². The molecule has 94 valence electrons. The Balaban J connectivity index is 3.37. The molecule has 0 fully saturated rings. The van der Waals surface area contributed by atoms with Crippen LogP contribution in [0.2, 0.25) is 0 Å². The lowest BCUT2D eigenvalue weighted by atomic mass is 10.2. The molecule has 0 aliphatic heterocycles. The van der Waals surface area contributed by atoms with Gasteiger partial charge in [0, 0.05) is 12.8 Å². The number of carbonyl (C=O) groups is 2. The molecule has 0 saturated carbocycles. The number of hydrogen-bond acceptors (Lipinski definition) is 4. The van der Waals surface area contributed by atoms with Gasteiger partial charge < -0.3 is 9.47 Å². The molecular weight excluding hydrogens is 208 g/mol. The zero-order valence-electron chi connectivity index (χ0n) is 10.5. The van der Waals surface area contributed by atoms with Gasteiger partial charge in [-0.3, -0.25) is 9.59 Å². The molecule has 0 saturated heterocycles. The number of unbranched alkanes of at least 4 members (excludes halogenated alkanes) is 1. The zero-order chi connectivity index (χ0) is 12.4. The monoisotopic (exact) mass is 230 g/mol. The SMILES string of the molecule is CCC(=O)OCCCCC(C)OC(=O)CC. The van der Waals surface area contributed by atoms with Crippen LogP contribution in [0.4, 0.5) is 0 Å². The lowest BCUT2D eigenvalue weighted by Gasteiger charge is -2.12. The minimum atomic E-state index is -0.162. The van der Waals surface area contributed by atoms with Gasteiger partial charge in [0.05, 0.1) is 12.7 Å². The Morgan fingerprint density at radius 3 is 2.25 bits per heavy atom. The van der Waals surface area contributed by atoms with E-state index in [9.17, 15) is 9.59 Å². The van der Waals surface area contributed by atoms with Crippen molar-refractivity contribution in [3.05, 3.63) is 0 Å². The van der Waals surface area contributed by atoms with E-state index in [1.165, 1.54) is 0 Å². The summed E-state index contributed by atoms with van der Waals surface area (Å²) in [4.78, 5) is 21.7. The van der Waals surface area contributed by atoms with Gasteiger partial charge in [-0.25, -0.2) is 0 Å². The molecule has 1 atom stereocenters. The van der Waals surface area contributed by atoms with Crippen LogP contribution < -0.4 is 0 Å². The number of ether oxygens (including phenoxy) is 2. The lowest BCUT2D eigenvalue weighted by molar-refractivity contribution is -0.148. The first-order valence-corrected chi connectivity index (χ1v) is 5.95. The average Bonchev–Trinajstić information content (AvgIpc) is 2.27. The summed E-state index contributed by atoms with van der Waals surface area (Å²) >= 11 is 0. The van der Waals surface area contributed by atoms with Crippen molar-refractivity contribution >= 4 is 11.9 Å². The molecule has 0 aromatic carbocycles. The van der Waals surface area contributed by atoms with Crippen LogP contribution in [-0.4, -0.2) is 24.6 Å². The van der Waals surface area contributed by atoms with Crippen LogP contribution in [0.3, 0.4) is 0 Å². The number of carbonyl (C=O) groups excluding carboxylic acids is 2. The molecule has 16 heavy (non-hydrogen) atoms. The topological polar surface area (TPSA) is 52.6 Å². The maximum atomic E-state index is 10.9. The van der Waals surface area contributed by atoms with Crippen molar-refractivity contribution in [1.29, 1.82) is 0 Å². The first kappa shape index (κ1) is 14.9. The molecule has 1 unspecified atom stereocenters. The van der Waals surface area contributed by atoms with E-state index in [1.54, 1.807) is 13.8 Å². The quantitative estimate of drug-likeness (QED) is 0.475. The standard InChI is InChI=1S/C12H22O4/c1-4-11(13)15-9-7-6-8-10(3)16-12(14)5-2/h10H,4-9H2,1-3H3. The summed E-state index contributed by atoms with van der Waals surface area (Å²) in [7, 11) is 0. The fraction of sp³-hybridized carbons (Fsp3) is 0.833. The number of hydrogen-bond donors (Lipinski definition) is 0. The van der Waals surface area contributed by atoms with E-state index in [4.69, 9.17) is 9.47 Å². The molecule has 0 amide bonds. The minimum Gasteiger partial charge on any atom is -0.466 e. The molecule has 0 aromatic heterocycles. The van der Waals surface area contributed by atoms with Crippen LogP contribution >= 0.6 is 0 Å². The molecule has 0 aliphatic carbocycles. The van der Waals surface area contributed by atoms with Gasteiger partial charge in [-0.05, 0) is 26.2 Å². The Labute approximate surface area is 97.3 Å². The van der Waals surface area contributed by atoms with E-state index in [2.05, 4.69) is 0 Å². The fourth-order valence-corrected chi connectivity index (χ4v) is 1.19. The van der Waals surface area contributed by atoms with Crippen LogP contribution in [0.25, 0.3) is 0 Å². The van der Waals surface area contributed by atoms with Crippen molar-refractivity contribution in [2.24, 2.45) is 0 Å². The van der Waals surface area contributed by atoms with E-state index < -0.39 is 0 Å². The van der Waals surface area contributed by atoms with E-state index in [1.807, 2.05) is 6.92 Å². The van der Waals surface area contributed by atoms with Crippen molar-refractivity contribution in [2.45, 2.75) is 59.0 Å². The Morgan fingerprint density at radius 1 is 1.06 bits per heavy atom. The van der Waals surface area contributed by atoms with Gasteiger partial charge >= 0.3 is 11.9 Å². The Hall–Kier alpha value is -1.06. The third-order valence-electron chi connectivity index (χ3n) is 2.18. The maximum absolute atomic E-state index is 10.9. The summed E-state index contributed by atoms with van der Waals surface area (Å²) in [6.07, 6.45) is 3.32. The van der Waals surface area contributed by atoms with Crippen LogP contribution in [0.1, 0.15) is 52.9 Å². The Kier molecular flexibility index (Phi) is 8.58. The highest BCUT2D eigenvalue weighted by Gasteiger charge is 2.07. The summed E-state index contributed by atoms with van der Waals surface area (Å²) < 4.78 is 10.0. The van der Waals surface area contributed by atoms with E-state index in [0.717, 1.165) is 19.3 Å². The predicted octanol–water partition coefficient (Wildman–Crippen LogP) is 2.45. The summed E-state index contributed by atoms with van der Waals surface area (Å²) in [5.74, 6) is -0.324. The molecule has 0 N–H and O–H groups in total. The van der Waals surface area contributed by atoms with E-state index >= 15 is 0 Å². The first-order valence-electron chi connectivity index (χ1n) is 5.95. The predicted molar refractivity (Wildman–Crippen MR) is 60.9 cm³/mol. The van der Waals surface area contributed by atoms with Crippen molar-refractivity contribution in [1.82, 2.24) is 0 Å². The van der Waals surface area contributed by atoms with Gasteiger partial charge in [-0.2, -0.15) is 0 Å². The molecule has 0 bridgehead atoms. The van der Waals surface area contributed by atoms with Crippen LogP contribution in [0.15, 0.2) is 0 Å².